The number of unbranched alkanes of at least 4 members (excludes halogenated alkanes) is 1. The van der Waals surface area contributed by atoms with Gasteiger partial charge in [0, 0.05) is 5.92 Å². The number of hydrogen-bond donors (Lipinski definition) is 0. The summed E-state index contributed by atoms with van der Waals surface area (Å²) in [6.07, 6.45) is 2.12. The van der Waals surface area contributed by atoms with Crippen LogP contribution >= 0.6 is 0 Å². The molecule has 2 amide bonds. The lowest BCUT2D eigenvalue weighted by Gasteiger charge is -2.41. The second kappa shape index (κ2) is 14.6. The fourth-order valence-corrected chi connectivity index (χ4v) is 6.52. The van der Waals surface area contributed by atoms with E-state index in [1.807, 2.05) is 37.3 Å². The number of benzene rings is 2. The molecule has 47 heavy (non-hydrogen) atoms. The van der Waals surface area contributed by atoms with Crippen molar-refractivity contribution in [1.29, 1.82) is 5.26 Å². The lowest BCUT2D eigenvalue weighted by atomic mass is 9.98. The molecule has 1 heterocycles. The van der Waals surface area contributed by atoms with Gasteiger partial charge in [0.05, 0.1) is 31.9 Å². The molecule has 0 saturated carbocycles. The van der Waals surface area contributed by atoms with Gasteiger partial charge in [-0.3, -0.25) is 9.74 Å². The summed E-state index contributed by atoms with van der Waals surface area (Å²) in [5.41, 5.74) is 4.26. The molecular weight excluding hydrogens is 611 g/mol. The molecule has 9 nitrogen and oxygen atoms in total. The maximum atomic E-state index is 14.0. The number of hydroxylamine groups is 2. The van der Waals surface area contributed by atoms with Crippen molar-refractivity contribution in [3.05, 3.63) is 71.3 Å². The molecule has 0 fully saturated rings. The molecule has 0 N–H and O–H groups in total. The van der Waals surface area contributed by atoms with Crippen LogP contribution in [0.3, 0.4) is 0 Å². The minimum atomic E-state index is -2.23. The molecule has 0 saturated heterocycles. The molecule has 10 heteroatoms. The number of carbonyl (C=O) groups excluding carboxylic acids is 2. The average Bonchev–Trinajstić information content (AvgIpc) is 3.32. The number of fused-ring (bicyclic) bond motifs is 3. The Morgan fingerprint density at radius 2 is 1.60 bits per heavy atom. The molecule has 0 radical (unpaired) electrons. The number of carbonyl (C=O) groups is 2. The molecular formula is C37H51N3O6Si. The number of amides is 2. The summed E-state index contributed by atoms with van der Waals surface area (Å²) < 4.78 is 18.3. The summed E-state index contributed by atoms with van der Waals surface area (Å²) in [4.78, 5) is 34.9. The monoisotopic (exact) mass is 661 g/mol. The molecule has 0 bridgehead atoms. The Labute approximate surface area is 281 Å². The van der Waals surface area contributed by atoms with Crippen molar-refractivity contribution in [3.8, 4) is 17.2 Å². The molecule has 2 aromatic rings. The number of hydrogen-bond acceptors (Lipinski definition) is 7. The van der Waals surface area contributed by atoms with Gasteiger partial charge in [0.15, 0.2) is 8.32 Å². The van der Waals surface area contributed by atoms with E-state index in [1.54, 1.807) is 20.8 Å². The Morgan fingerprint density at radius 3 is 2.13 bits per heavy atom. The first-order chi connectivity index (χ1) is 22.1. The quantitative estimate of drug-likeness (QED) is 0.109. The lowest BCUT2D eigenvalue weighted by molar-refractivity contribution is -0.166. The van der Waals surface area contributed by atoms with Crippen LogP contribution in [0.2, 0.25) is 18.1 Å². The predicted octanol–water partition coefficient (Wildman–Crippen LogP) is 8.43. The number of rotatable bonds is 10. The molecule has 0 aromatic heterocycles. The summed E-state index contributed by atoms with van der Waals surface area (Å²) in [5, 5.41) is 11.6. The van der Waals surface area contributed by atoms with E-state index >= 15 is 0 Å². The zero-order chi connectivity index (χ0) is 34.6. The minimum Gasteiger partial charge on any atom is -0.448 e. The Bertz CT molecular complexity index is 1460. The molecule has 1 aliphatic heterocycles. The second-order valence-corrected chi connectivity index (χ2v) is 19.6. The first-order valence-electron chi connectivity index (χ1n) is 16.6. The van der Waals surface area contributed by atoms with Crippen molar-refractivity contribution < 1.29 is 28.3 Å². The standard InChI is InChI=1S/C37H51N3O6Si/c1-10-11-20-44-40(35(42)46-36(2,3)4)27-21-26(24-45-47(8,9)37(5,6)7)33(22-38)39(23-27)34(41)43-25-32-30-18-14-12-16-28(30)29-17-13-15-19-31(29)32/h12-19,21,27,32-33H,10-11,20,23-25H2,1-9H3/t27-,33?/m1/s1. The van der Waals surface area contributed by atoms with E-state index in [0.717, 1.165) is 35.1 Å². The summed E-state index contributed by atoms with van der Waals surface area (Å²) >= 11 is 0. The topological polar surface area (TPSA) is 101 Å². The van der Waals surface area contributed by atoms with Gasteiger partial charge in [-0.25, -0.2) is 9.59 Å². The number of ether oxygens (including phenoxy) is 2. The van der Waals surface area contributed by atoms with E-state index in [0.29, 0.717) is 12.2 Å². The largest absolute Gasteiger partial charge is 0.448 e. The fourth-order valence-electron chi connectivity index (χ4n) is 5.55. The van der Waals surface area contributed by atoms with Gasteiger partial charge < -0.3 is 13.9 Å². The molecule has 1 unspecified atom stereocenters. The molecule has 2 aromatic carbocycles. The third kappa shape index (κ3) is 8.45. The Hall–Kier alpha value is -3.65. The Morgan fingerprint density at radius 1 is 1.00 bits per heavy atom. The van der Waals surface area contributed by atoms with Crippen molar-refractivity contribution >= 4 is 20.5 Å². The van der Waals surface area contributed by atoms with Crippen LogP contribution < -0.4 is 0 Å². The van der Waals surface area contributed by atoms with Crippen molar-refractivity contribution in [1.82, 2.24) is 9.96 Å². The Balaban J connectivity index is 1.65. The van der Waals surface area contributed by atoms with Crippen LogP contribution in [-0.2, 0) is 18.7 Å². The number of nitriles is 1. The normalized spacial score (nSPS) is 18.1. The highest BCUT2D eigenvalue weighted by molar-refractivity contribution is 6.74. The van der Waals surface area contributed by atoms with Gasteiger partial charge in [-0.05, 0) is 73.2 Å². The molecule has 2 atom stereocenters. The highest BCUT2D eigenvalue weighted by atomic mass is 28.4. The van der Waals surface area contributed by atoms with E-state index in [1.165, 1.54) is 9.96 Å². The van der Waals surface area contributed by atoms with Crippen LogP contribution in [0, 0.1) is 11.3 Å². The first kappa shape index (κ1) is 36.2. The smallest absolute Gasteiger partial charge is 0.435 e. The van der Waals surface area contributed by atoms with Gasteiger partial charge >= 0.3 is 12.2 Å². The first-order valence-corrected chi connectivity index (χ1v) is 19.5. The average molecular weight is 662 g/mol. The van der Waals surface area contributed by atoms with Gasteiger partial charge in [-0.2, -0.15) is 10.3 Å². The van der Waals surface area contributed by atoms with Gasteiger partial charge in [0.1, 0.15) is 18.2 Å². The molecule has 254 valence electrons. The zero-order valence-corrected chi connectivity index (χ0v) is 30.5. The third-order valence-electron chi connectivity index (χ3n) is 9.15. The van der Waals surface area contributed by atoms with E-state index < -0.39 is 38.2 Å². The minimum absolute atomic E-state index is 0.0101. The van der Waals surface area contributed by atoms with Crippen LogP contribution in [0.1, 0.15) is 78.4 Å². The van der Waals surface area contributed by atoms with Crippen molar-refractivity contribution in [3.63, 3.8) is 0 Å². The van der Waals surface area contributed by atoms with Crippen LogP contribution in [0.25, 0.3) is 11.1 Å². The highest BCUT2D eigenvalue weighted by Gasteiger charge is 2.42. The molecule has 1 aliphatic carbocycles. The lowest BCUT2D eigenvalue weighted by Crippen LogP contribution is -2.55. The van der Waals surface area contributed by atoms with E-state index in [-0.39, 0.29) is 30.7 Å². The van der Waals surface area contributed by atoms with Crippen molar-refractivity contribution in [2.45, 2.75) is 103 Å². The van der Waals surface area contributed by atoms with E-state index in [9.17, 15) is 14.9 Å². The van der Waals surface area contributed by atoms with Crippen LogP contribution in [0.15, 0.2) is 60.2 Å². The Kier molecular flexibility index (Phi) is 11.3. The van der Waals surface area contributed by atoms with Crippen LogP contribution in [0.4, 0.5) is 9.59 Å². The van der Waals surface area contributed by atoms with Crippen molar-refractivity contribution in [2.24, 2.45) is 0 Å². The fraction of sp³-hybridized carbons (Fsp3) is 0.541. The predicted molar refractivity (Wildman–Crippen MR) is 185 cm³/mol. The van der Waals surface area contributed by atoms with Crippen LogP contribution in [0.5, 0.6) is 0 Å². The zero-order valence-electron chi connectivity index (χ0n) is 29.5. The molecule has 4 rings (SSSR count). The number of nitrogens with zero attached hydrogens (tertiary/aromatic N) is 3. The maximum Gasteiger partial charge on any atom is 0.435 e. The van der Waals surface area contributed by atoms with Crippen molar-refractivity contribution in [2.75, 3.05) is 26.4 Å². The highest BCUT2D eigenvalue weighted by Crippen LogP contribution is 2.44. The van der Waals surface area contributed by atoms with E-state index in [4.69, 9.17) is 18.7 Å². The van der Waals surface area contributed by atoms with E-state index in [2.05, 4.69) is 64.2 Å². The SMILES string of the molecule is CCCCON(C(=O)OC(C)(C)C)[C@@H]1C=C(CO[Si](C)(C)C(C)(C)C)C(C#N)N(C(=O)OCC2c3ccccc3-c3ccccc32)C1. The summed E-state index contributed by atoms with van der Waals surface area (Å²) in [7, 11) is -2.23. The van der Waals surface area contributed by atoms with Gasteiger partial charge in [0.2, 0.25) is 0 Å². The molecule has 2 aliphatic rings. The maximum absolute atomic E-state index is 14.0. The summed E-state index contributed by atoms with van der Waals surface area (Å²) in [6, 6.07) is 16.9. The summed E-state index contributed by atoms with van der Waals surface area (Å²) in [5.74, 6) is -0.139. The third-order valence-corrected chi connectivity index (χ3v) is 13.6. The van der Waals surface area contributed by atoms with Gasteiger partial charge in [-0.1, -0.05) is 88.7 Å². The van der Waals surface area contributed by atoms with Gasteiger partial charge in [-0.15, -0.1) is 0 Å². The molecule has 0 spiro atoms. The summed E-state index contributed by atoms with van der Waals surface area (Å²) in [6.45, 7) is 18.6. The second-order valence-electron chi connectivity index (χ2n) is 14.8. The van der Waals surface area contributed by atoms with Gasteiger partial charge in [0.25, 0.3) is 0 Å². The van der Waals surface area contributed by atoms with Crippen LogP contribution in [-0.4, -0.2) is 74.5 Å².